The number of halogens is 5. The number of aliphatic hydroxyl groups excluding tert-OH is 1. The molecule has 0 aliphatic heterocycles. The Balaban J connectivity index is 2.28. The van der Waals surface area contributed by atoms with Gasteiger partial charge in [-0.2, -0.15) is 0 Å². The molecular weight excluding hydrogens is 357 g/mol. The van der Waals surface area contributed by atoms with Gasteiger partial charge in [-0.1, -0.05) is 33.6 Å². The van der Waals surface area contributed by atoms with Gasteiger partial charge < -0.3 is 5.11 Å². The average molecular weight is 366 g/mol. The van der Waals surface area contributed by atoms with Crippen LogP contribution in [-0.2, 0) is 6.42 Å². The van der Waals surface area contributed by atoms with Crippen LogP contribution in [0, 0.1) is 17.5 Å². The number of aliphatic hydroxyl groups is 1. The summed E-state index contributed by atoms with van der Waals surface area (Å²) >= 11 is 8.49. The maximum atomic E-state index is 13.7. The summed E-state index contributed by atoms with van der Waals surface area (Å²) in [7, 11) is 0. The second-order valence-electron chi connectivity index (χ2n) is 4.25. The lowest BCUT2D eigenvalue weighted by molar-refractivity contribution is 0.168. The Kier molecular flexibility index (Phi) is 4.73. The zero-order valence-corrected chi connectivity index (χ0v) is 12.4. The van der Waals surface area contributed by atoms with Crippen molar-refractivity contribution in [2.45, 2.75) is 12.5 Å². The highest BCUT2D eigenvalue weighted by Gasteiger charge is 2.19. The number of hydrogen-bond acceptors (Lipinski definition) is 1. The first-order chi connectivity index (χ1) is 9.38. The van der Waals surface area contributed by atoms with Crippen molar-refractivity contribution in [2.24, 2.45) is 0 Å². The van der Waals surface area contributed by atoms with Crippen LogP contribution in [0.1, 0.15) is 17.2 Å². The zero-order chi connectivity index (χ0) is 14.9. The number of hydrogen-bond donors (Lipinski definition) is 1. The van der Waals surface area contributed by atoms with E-state index in [9.17, 15) is 18.3 Å². The molecule has 0 aliphatic rings. The van der Waals surface area contributed by atoms with Crippen molar-refractivity contribution in [3.05, 3.63) is 68.4 Å². The Bertz CT molecular complexity index is 625. The number of benzene rings is 2. The largest absolute Gasteiger partial charge is 0.388 e. The van der Waals surface area contributed by atoms with Crippen LogP contribution in [0.4, 0.5) is 13.2 Å². The molecule has 2 aromatic carbocycles. The fraction of sp³-hybridized carbons (Fsp3) is 0.143. The molecule has 0 aliphatic carbocycles. The smallest absolute Gasteiger partial charge is 0.142 e. The summed E-state index contributed by atoms with van der Waals surface area (Å²) in [6.07, 6.45) is -1.53. The molecule has 2 aromatic rings. The van der Waals surface area contributed by atoms with Gasteiger partial charge in [0, 0.05) is 10.9 Å². The molecule has 1 atom stereocenters. The molecule has 0 saturated heterocycles. The van der Waals surface area contributed by atoms with Crippen LogP contribution >= 0.6 is 27.5 Å². The van der Waals surface area contributed by atoms with Crippen molar-refractivity contribution in [3.63, 3.8) is 0 Å². The van der Waals surface area contributed by atoms with Gasteiger partial charge in [0.25, 0.3) is 0 Å². The first-order valence-corrected chi connectivity index (χ1v) is 6.82. The molecule has 106 valence electrons. The molecule has 0 bridgehead atoms. The van der Waals surface area contributed by atoms with Crippen LogP contribution in [-0.4, -0.2) is 5.11 Å². The van der Waals surface area contributed by atoms with E-state index in [1.54, 1.807) is 0 Å². The van der Waals surface area contributed by atoms with Gasteiger partial charge in [-0.05, 0) is 29.8 Å². The van der Waals surface area contributed by atoms with E-state index in [-0.39, 0.29) is 15.9 Å². The quantitative estimate of drug-likeness (QED) is 0.829. The first-order valence-electron chi connectivity index (χ1n) is 5.65. The Labute approximate surface area is 127 Å². The summed E-state index contributed by atoms with van der Waals surface area (Å²) in [5.74, 6) is -2.37. The minimum Gasteiger partial charge on any atom is -0.388 e. The minimum absolute atomic E-state index is 0.0516. The van der Waals surface area contributed by atoms with E-state index in [2.05, 4.69) is 15.9 Å². The van der Waals surface area contributed by atoms with E-state index in [1.165, 1.54) is 12.1 Å². The second kappa shape index (κ2) is 6.16. The van der Waals surface area contributed by atoms with Gasteiger partial charge in [0.05, 0.1) is 16.7 Å². The fourth-order valence-corrected chi connectivity index (χ4v) is 2.38. The van der Waals surface area contributed by atoms with Crippen LogP contribution in [0.25, 0.3) is 0 Å². The molecule has 1 nitrogen and oxygen atoms in total. The van der Waals surface area contributed by atoms with Gasteiger partial charge in [0.1, 0.15) is 17.5 Å². The van der Waals surface area contributed by atoms with Crippen molar-refractivity contribution >= 4 is 27.5 Å². The second-order valence-corrected chi connectivity index (χ2v) is 5.57. The molecule has 0 fully saturated rings. The minimum atomic E-state index is -1.41. The Morgan fingerprint density at radius 2 is 1.65 bits per heavy atom. The van der Waals surface area contributed by atoms with Gasteiger partial charge in [-0.3, -0.25) is 0 Å². The average Bonchev–Trinajstić information content (AvgIpc) is 2.32. The lowest BCUT2D eigenvalue weighted by Crippen LogP contribution is -2.07. The third-order valence-electron chi connectivity index (χ3n) is 2.79. The third-order valence-corrected chi connectivity index (χ3v) is 3.55. The summed E-state index contributed by atoms with van der Waals surface area (Å²) in [6, 6.07) is 6.06. The lowest BCUT2D eigenvalue weighted by atomic mass is 10.0. The maximum Gasteiger partial charge on any atom is 0.142 e. The van der Waals surface area contributed by atoms with E-state index in [0.717, 1.165) is 18.2 Å². The van der Waals surface area contributed by atoms with Crippen LogP contribution in [0.3, 0.4) is 0 Å². The number of rotatable bonds is 3. The molecule has 0 heterocycles. The standard InChI is InChI=1S/C14H9BrClF3O/c15-8-5-11(18)14(12(19)6-8)13(20)4-7-1-2-9(16)10(17)3-7/h1-3,5-6,13,20H,4H2. The molecular formula is C14H9BrClF3O. The van der Waals surface area contributed by atoms with E-state index in [1.807, 2.05) is 0 Å². The lowest BCUT2D eigenvalue weighted by Gasteiger charge is -2.13. The maximum absolute atomic E-state index is 13.7. The fourth-order valence-electron chi connectivity index (χ4n) is 1.86. The van der Waals surface area contributed by atoms with Crippen molar-refractivity contribution in [2.75, 3.05) is 0 Å². The van der Waals surface area contributed by atoms with Crippen LogP contribution < -0.4 is 0 Å². The summed E-state index contributed by atoms with van der Waals surface area (Å²) in [5.41, 5.74) is -0.0512. The van der Waals surface area contributed by atoms with Gasteiger partial charge in [-0.25, -0.2) is 13.2 Å². The zero-order valence-electron chi connectivity index (χ0n) is 10.0. The van der Waals surface area contributed by atoms with Crippen LogP contribution in [0.5, 0.6) is 0 Å². The molecule has 2 rings (SSSR count). The predicted octanol–water partition coefficient (Wildman–Crippen LogP) is 4.80. The molecule has 1 N–H and O–H groups in total. The Morgan fingerprint density at radius 3 is 2.20 bits per heavy atom. The molecule has 6 heteroatoms. The Morgan fingerprint density at radius 1 is 1.05 bits per heavy atom. The van der Waals surface area contributed by atoms with Crippen LogP contribution in [0.2, 0.25) is 5.02 Å². The molecule has 0 spiro atoms. The predicted molar refractivity (Wildman–Crippen MR) is 74.1 cm³/mol. The Hall–Kier alpha value is -1.04. The SMILES string of the molecule is OC(Cc1ccc(Cl)c(F)c1)c1c(F)cc(Br)cc1F. The van der Waals surface area contributed by atoms with E-state index in [0.29, 0.717) is 5.56 Å². The summed E-state index contributed by atoms with van der Waals surface area (Å²) in [4.78, 5) is 0. The van der Waals surface area contributed by atoms with Crippen molar-refractivity contribution < 1.29 is 18.3 Å². The normalized spacial score (nSPS) is 12.5. The molecule has 0 amide bonds. The van der Waals surface area contributed by atoms with Crippen molar-refractivity contribution in [3.8, 4) is 0 Å². The van der Waals surface area contributed by atoms with Crippen LogP contribution in [0.15, 0.2) is 34.8 Å². The highest BCUT2D eigenvalue weighted by atomic mass is 79.9. The van der Waals surface area contributed by atoms with Crippen molar-refractivity contribution in [1.82, 2.24) is 0 Å². The van der Waals surface area contributed by atoms with Gasteiger partial charge in [-0.15, -0.1) is 0 Å². The molecule has 0 aromatic heterocycles. The summed E-state index contributed by atoms with van der Waals surface area (Å²) in [5, 5.41) is 9.88. The van der Waals surface area contributed by atoms with E-state index < -0.39 is 29.1 Å². The highest BCUT2D eigenvalue weighted by Crippen LogP contribution is 2.28. The van der Waals surface area contributed by atoms with Crippen molar-refractivity contribution in [1.29, 1.82) is 0 Å². The van der Waals surface area contributed by atoms with E-state index in [4.69, 9.17) is 11.6 Å². The first kappa shape index (κ1) is 15.4. The van der Waals surface area contributed by atoms with Gasteiger partial charge in [0.2, 0.25) is 0 Å². The molecule has 0 radical (unpaired) electrons. The topological polar surface area (TPSA) is 20.2 Å². The molecule has 0 saturated carbocycles. The van der Waals surface area contributed by atoms with Gasteiger partial charge in [0.15, 0.2) is 0 Å². The monoisotopic (exact) mass is 364 g/mol. The molecule has 1 unspecified atom stereocenters. The van der Waals surface area contributed by atoms with Gasteiger partial charge >= 0.3 is 0 Å². The summed E-state index contributed by atoms with van der Waals surface area (Å²) in [6.45, 7) is 0. The van der Waals surface area contributed by atoms with E-state index >= 15 is 0 Å². The third kappa shape index (κ3) is 3.34. The summed E-state index contributed by atoms with van der Waals surface area (Å²) < 4.78 is 40.9. The molecule has 20 heavy (non-hydrogen) atoms. The highest BCUT2D eigenvalue weighted by molar-refractivity contribution is 9.10.